The molecule has 0 saturated carbocycles. The molecule has 0 spiro atoms. The van der Waals surface area contributed by atoms with E-state index in [0.29, 0.717) is 42.3 Å². The quantitative estimate of drug-likeness (QED) is 0.287. The lowest BCUT2D eigenvalue weighted by molar-refractivity contribution is -0.181. The SMILES string of the molecule is COc1ccc(CN2CC3CCC2CN3c2ccc(-c3cc(OCCN4CC5CC(C4)O5)cn4ncc(C#N)c34)cn2)cn1. The Bertz CT molecular complexity index is 1670. The molecule has 11 nitrogen and oxygen atoms in total. The molecule has 0 amide bonds. The molecule has 10 heterocycles. The van der Waals surface area contributed by atoms with E-state index in [-0.39, 0.29) is 0 Å². The predicted molar refractivity (Wildman–Crippen MR) is 164 cm³/mol. The number of hydrogen-bond donors (Lipinski definition) is 0. The van der Waals surface area contributed by atoms with Gasteiger partial charge in [0.05, 0.1) is 42.8 Å². The van der Waals surface area contributed by atoms with Crippen molar-refractivity contribution in [2.45, 2.75) is 50.1 Å². The number of rotatable bonds is 9. The lowest BCUT2D eigenvalue weighted by Gasteiger charge is -2.52. The van der Waals surface area contributed by atoms with Crippen LogP contribution in [-0.2, 0) is 11.3 Å². The number of fused-ring (bicyclic) bond motifs is 6. The number of morpholine rings is 1. The molecule has 4 aromatic rings. The standard InChI is InChI=1S/C33H36N8O3/c1-42-32-7-2-22(13-36-32)16-39-17-26-5-4-25(39)18-40(26)31-6-3-23(14-35-31)30-11-27(21-41-33(30)24(12-34)15-37-41)43-9-8-38-19-28-10-29(20-38)44-28/h2-3,6-7,11,13-15,21,25-26,28-29H,4-5,8-10,16-20H2,1H3. The molecule has 6 fully saturated rings. The van der Waals surface area contributed by atoms with Crippen molar-refractivity contribution in [3.63, 3.8) is 0 Å². The number of piperazine rings is 1. The third-order valence-corrected chi connectivity index (χ3v) is 9.61. The normalized spacial score (nSPS) is 24.7. The minimum absolute atomic E-state index is 0.386. The van der Waals surface area contributed by atoms with Crippen molar-refractivity contribution in [1.82, 2.24) is 29.4 Å². The summed E-state index contributed by atoms with van der Waals surface area (Å²) in [6, 6.07) is 13.5. The molecule has 44 heavy (non-hydrogen) atoms. The van der Waals surface area contributed by atoms with Crippen LogP contribution in [0.2, 0.25) is 0 Å². The van der Waals surface area contributed by atoms with Gasteiger partial charge in [-0.1, -0.05) is 6.07 Å². The fourth-order valence-electron chi connectivity index (χ4n) is 7.36. The fourth-order valence-corrected chi connectivity index (χ4v) is 7.36. The molecule has 0 N–H and O–H groups in total. The Morgan fingerprint density at radius 3 is 2.57 bits per heavy atom. The molecule has 10 rings (SSSR count). The zero-order valence-corrected chi connectivity index (χ0v) is 24.9. The average Bonchev–Trinajstić information content (AvgIpc) is 3.48. The highest BCUT2D eigenvalue weighted by Gasteiger charge is 2.40. The first-order valence-electron chi connectivity index (χ1n) is 15.5. The van der Waals surface area contributed by atoms with Crippen LogP contribution in [-0.4, -0.2) is 100 Å². The number of pyridine rings is 3. The van der Waals surface area contributed by atoms with Crippen molar-refractivity contribution >= 4 is 11.3 Å². The molecule has 11 heteroatoms. The summed E-state index contributed by atoms with van der Waals surface area (Å²) < 4.78 is 18.9. The highest BCUT2D eigenvalue weighted by Crippen LogP contribution is 2.35. The number of nitriles is 1. The third kappa shape index (κ3) is 5.13. The van der Waals surface area contributed by atoms with E-state index in [9.17, 15) is 5.26 Å². The van der Waals surface area contributed by atoms with Crippen molar-refractivity contribution in [3.8, 4) is 28.8 Å². The zero-order valence-electron chi connectivity index (χ0n) is 24.9. The van der Waals surface area contributed by atoms with E-state index in [1.165, 1.54) is 24.8 Å². The molecule has 0 radical (unpaired) electrons. The summed E-state index contributed by atoms with van der Waals surface area (Å²) in [6.07, 6.45) is 11.6. The largest absolute Gasteiger partial charge is 0.491 e. The Morgan fingerprint density at radius 2 is 1.86 bits per heavy atom. The lowest BCUT2D eigenvalue weighted by atomic mass is 9.90. The van der Waals surface area contributed by atoms with Gasteiger partial charge in [0.15, 0.2) is 0 Å². The van der Waals surface area contributed by atoms with Gasteiger partial charge in [0, 0.05) is 87.4 Å². The smallest absolute Gasteiger partial charge is 0.212 e. The Morgan fingerprint density at radius 1 is 1.00 bits per heavy atom. The molecular weight excluding hydrogens is 556 g/mol. The molecule has 0 aliphatic carbocycles. The van der Waals surface area contributed by atoms with Crippen molar-refractivity contribution in [1.29, 1.82) is 5.26 Å². The van der Waals surface area contributed by atoms with Crippen molar-refractivity contribution < 1.29 is 14.2 Å². The van der Waals surface area contributed by atoms with E-state index < -0.39 is 0 Å². The second kappa shape index (κ2) is 11.4. The van der Waals surface area contributed by atoms with Crippen LogP contribution in [0.25, 0.3) is 16.6 Å². The van der Waals surface area contributed by atoms with Crippen LogP contribution in [0.1, 0.15) is 30.4 Å². The monoisotopic (exact) mass is 592 g/mol. The van der Waals surface area contributed by atoms with Crippen molar-refractivity contribution in [3.05, 3.63) is 66.2 Å². The van der Waals surface area contributed by atoms with Gasteiger partial charge in [-0.15, -0.1) is 0 Å². The van der Waals surface area contributed by atoms with Gasteiger partial charge in [0.2, 0.25) is 5.88 Å². The maximum atomic E-state index is 9.80. The molecule has 4 aromatic heterocycles. The van der Waals surface area contributed by atoms with Crippen LogP contribution in [0.5, 0.6) is 11.6 Å². The number of nitrogens with zero attached hydrogens (tertiary/aromatic N) is 8. The van der Waals surface area contributed by atoms with E-state index in [4.69, 9.17) is 19.2 Å². The first kappa shape index (κ1) is 27.3. The maximum absolute atomic E-state index is 9.80. The molecule has 6 aliphatic heterocycles. The second-order valence-electron chi connectivity index (χ2n) is 12.4. The van der Waals surface area contributed by atoms with Crippen LogP contribution < -0.4 is 14.4 Å². The maximum Gasteiger partial charge on any atom is 0.212 e. The molecule has 4 bridgehead atoms. The molecule has 226 valence electrons. The van der Waals surface area contributed by atoms with E-state index in [1.807, 2.05) is 30.7 Å². The van der Waals surface area contributed by atoms with Crippen LogP contribution in [0.3, 0.4) is 0 Å². The van der Waals surface area contributed by atoms with Gasteiger partial charge in [-0.05, 0) is 36.6 Å². The van der Waals surface area contributed by atoms with Crippen LogP contribution >= 0.6 is 0 Å². The third-order valence-electron chi connectivity index (χ3n) is 9.61. The average molecular weight is 593 g/mol. The molecular formula is C33H36N8O3. The molecule has 4 unspecified atom stereocenters. The highest BCUT2D eigenvalue weighted by atomic mass is 16.5. The van der Waals surface area contributed by atoms with Gasteiger partial charge in [-0.3, -0.25) is 9.80 Å². The molecule has 0 aromatic carbocycles. The summed E-state index contributed by atoms with van der Waals surface area (Å²) in [5.41, 5.74) is 4.33. The van der Waals surface area contributed by atoms with Crippen LogP contribution in [0, 0.1) is 11.3 Å². The zero-order chi connectivity index (χ0) is 29.6. The Hall–Kier alpha value is -4.24. The Kier molecular flexibility index (Phi) is 7.05. The minimum atomic E-state index is 0.386. The lowest BCUT2D eigenvalue weighted by Crippen LogP contribution is -2.62. The second-order valence-corrected chi connectivity index (χ2v) is 12.4. The Labute approximate surface area is 256 Å². The summed E-state index contributed by atoms with van der Waals surface area (Å²) in [5, 5.41) is 14.3. The minimum Gasteiger partial charge on any atom is -0.491 e. The summed E-state index contributed by atoms with van der Waals surface area (Å²) in [5.74, 6) is 2.37. The van der Waals surface area contributed by atoms with Crippen LogP contribution in [0.4, 0.5) is 5.82 Å². The highest BCUT2D eigenvalue weighted by molar-refractivity contribution is 5.85. The first-order valence-corrected chi connectivity index (χ1v) is 15.5. The predicted octanol–water partition coefficient (Wildman–Crippen LogP) is 3.38. The van der Waals surface area contributed by atoms with E-state index in [2.05, 4.69) is 49.1 Å². The number of aromatic nitrogens is 4. The van der Waals surface area contributed by atoms with Crippen LogP contribution in [0.15, 0.2) is 55.1 Å². The van der Waals surface area contributed by atoms with Crippen molar-refractivity contribution in [2.24, 2.45) is 0 Å². The first-order chi connectivity index (χ1) is 21.6. The summed E-state index contributed by atoms with van der Waals surface area (Å²) in [7, 11) is 1.64. The Balaban J connectivity index is 0.975. The van der Waals surface area contributed by atoms with Gasteiger partial charge in [0.1, 0.15) is 24.2 Å². The summed E-state index contributed by atoms with van der Waals surface area (Å²) in [6.45, 7) is 6.25. The van der Waals surface area contributed by atoms with Gasteiger partial charge >= 0.3 is 0 Å². The summed E-state index contributed by atoms with van der Waals surface area (Å²) >= 11 is 0. The number of methoxy groups -OCH3 is 1. The number of piperidine rings is 3. The topological polar surface area (TPSA) is 104 Å². The van der Waals surface area contributed by atoms with Gasteiger partial charge in [-0.2, -0.15) is 10.4 Å². The number of anilines is 1. The van der Waals surface area contributed by atoms with E-state index in [0.717, 1.165) is 67.5 Å². The molecule has 6 saturated heterocycles. The summed E-state index contributed by atoms with van der Waals surface area (Å²) in [4.78, 5) is 16.8. The van der Waals surface area contributed by atoms with Gasteiger partial charge < -0.3 is 19.1 Å². The number of ether oxygens (including phenoxy) is 3. The van der Waals surface area contributed by atoms with Gasteiger partial charge in [-0.25, -0.2) is 14.5 Å². The van der Waals surface area contributed by atoms with Gasteiger partial charge in [0.25, 0.3) is 0 Å². The number of hydrogen-bond acceptors (Lipinski definition) is 10. The van der Waals surface area contributed by atoms with E-state index >= 15 is 0 Å². The molecule has 4 atom stereocenters. The van der Waals surface area contributed by atoms with E-state index in [1.54, 1.807) is 17.8 Å². The molecule has 6 aliphatic rings. The fraction of sp³-hybridized carbons (Fsp3) is 0.455. The van der Waals surface area contributed by atoms with Crippen molar-refractivity contribution in [2.75, 3.05) is 51.3 Å².